The SMILES string of the molecule is [C-]#[N+][C@@]1(C(=O)NC)C=C1c1ccc(Br)cc1. The Hall–Kier alpha value is -1.60. The summed E-state index contributed by atoms with van der Waals surface area (Å²) < 4.78 is 0.978. The first-order valence-corrected chi connectivity index (χ1v) is 5.53. The molecule has 1 aromatic carbocycles. The molecular weight excluding hydrogens is 268 g/mol. The summed E-state index contributed by atoms with van der Waals surface area (Å²) in [6, 6.07) is 7.58. The number of carbonyl (C=O) groups is 1. The van der Waals surface area contributed by atoms with Crippen LogP contribution in [0.1, 0.15) is 5.56 Å². The second-order valence-corrected chi connectivity index (χ2v) is 4.44. The Labute approximate surface area is 102 Å². The van der Waals surface area contributed by atoms with Gasteiger partial charge in [0.15, 0.2) is 0 Å². The van der Waals surface area contributed by atoms with Crippen LogP contribution in [-0.4, -0.2) is 18.5 Å². The highest BCUT2D eigenvalue weighted by Crippen LogP contribution is 2.46. The van der Waals surface area contributed by atoms with Gasteiger partial charge in [-0.2, -0.15) is 0 Å². The minimum absolute atomic E-state index is 0.264. The number of benzene rings is 1. The van der Waals surface area contributed by atoms with Gasteiger partial charge in [-0.3, -0.25) is 9.64 Å². The summed E-state index contributed by atoms with van der Waals surface area (Å²) in [6.45, 7) is 7.13. The van der Waals surface area contributed by atoms with Crippen LogP contribution in [-0.2, 0) is 4.79 Å². The van der Waals surface area contributed by atoms with Crippen LogP contribution < -0.4 is 5.32 Å². The predicted octanol–water partition coefficient (Wildman–Crippen LogP) is 2.25. The molecule has 1 atom stereocenters. The van der Waals surface area contributed by atoms with Gasteiger partial charge in [0.25, 0.3) is 0 Å². The van der Waals surface area contributed by atoms with Gasteiger partial charge in [0.1, 0.15) is 0 Å². The van der Waals surface area contributed by atoms with Gasteiger partial charge in [-0.05, 0) is 17.7 Å². The Kier molecular flexibility index (Phi) is 2.56. The van der Waals surface area contributed by atoms with E-state index in [9.17, 15) is 4.79 Å². The second kappa shape index (κ2) is 3.76. The summed E-state index contributed by atoms with van der Waals surface area (Å²) in [6.07, 6.45) is 1.70. The molecule has 0 aromatic heterocycles. The Morgan fingerprint density at radius 1 is 1.44 bits per heavy atom. The molecule has 2 rings (SSSR count). The number of nitrogens with one attached hydrogen (secondary N) is 1. The Morgan fingerprint density at radius 2 is 2.06 bits per heavy atom. The molecule has 0 heterocycles. The van der Waals surface area contributed by atoms with Crippen molar-refractivity contribution in [3.8, 4) is 0 Å². The first kappa shape index (κ1) is 10.9. The molecule has 0 saturated heterocycles. The van der Waals surface area contributed by atoms with Gasteiger partial charge in [-0.25, -0.2) is 6.57 Å². The highest BCUT2D eigenvalue weighted by atomic mass is 79.9. The van der Waals surface area contributed by atoms with Gasteiger partial charge in [0, 0.05) is 17.6 Å². The van der Waals surface area contributed by atoms with Gasteiger partial charge in [0.2, 0.25) is 0 Å². The molecule has 1 aromatic rings. The van der Waals surface area contributed by atoms with E-state index in [1.807, 2.05) is 24.3 Å². The number of carbonyl (C=O) groups excluding carboxylic acids is 1. The molecule has 4 heteroatoms. The van der Waals surface area contributed by atoms with Crippen LogP contribution in [0, 0.1) is 6.57 Å². The van der Waals surface area contributed by atoms with Gasteiger partial charge in [0.05, 0.1) is 5.57 Å². The molecule has 0 bridgehead atoms. The molecule has 0 fully saturated rings. The number of likely N-dealkylation sites (N-methyl/N-ethyl adjacent to an activating group) is 1. The summed E-state index contributed by atoms with van der Waals surface area (Å²) in [5.74, 6) is -0.264. The lowest BCUT2D eigenvalue weighted by Gasteiger charge is -2.04. The van der Waals surface area contributed by atoms with Crippen LogP contribution in [0.5, 0.6) is 0 Å². The van der Waals surface area contributed by atoms with Crippen LogP contribution in [0.4, 0.5) is 0 Å². The van der Waals surface area contributed by atoms with Crippen LogP contribution in [0.2, 0.25) is 0 Å². The third-order valence-electron chi connectivity index (χ3n) is 2.59. The molecule has 0 saturated carbocycles. The molecule has 1 aliphatic rings. The monoisotopic (exact) mass is 276 g/mol. The van der Waals surface area contributed by atoms with Crippen LogP contribution in [0.3, 0.4) is 0 Å². The molecule has 1 N–H and O–H groups in total. The molecule has 16 heavy (non-hydrogen) atoms. The van der Waals surface area contributed by atoms with E-state index in [1.165, 1.54) is 0 Å². The zero-order chi connectivity index (χ0) is 11.8. The molecule has 80 valence electrons. The molecule has 1 aliphatic carbocycles. The maximum atomic E-state index is 11.6. The van der Waals surface area contributed by atoms with Crippen molar-refractivity contribution >= 4 is 27.4 Å². The summed E-state index contributed by atoms with van der Waals surface area (Å²) in [7, 11) is 1.54. The Balaban J connectivity index is 2.28. The molecule has 0 spiro atoms. The highest BCUT2D eigenvalue weighted by Gasteiger charge is 2.59. The highest BCUT2D eigenvalue weighted by molar-refractivity contribution is 9.10. The number of hydrogen-bond donors (Lipinski definition) is 1. The Morgan fingerprint density at radius 3 is 2.56 bits per heavy atom. The predicted molar refractivity (Wildman–Crippen MR) is 65.5 cm³/mol. The average molecular weight is 277 g/mol. The number of halogens is 1. The van der Waals surface area contributed by atoms with Crippen molar-refractivity contribution in [1.82, 2.24) is 5.32 Å². The number of hydrogen-bond acceptors (Lipinski definition) is 1. The molecule has 3 nitrogen and oxygen atoms in total. The van der Waals surface area contributed by atoms with Crippen LogP contribution >= 0.6 is 15.9 Å². The zero-order valence-electron chi connectivity index (χ0n) is 8.62. The maximum Gasteiger partial charge on any atom is 0.353 e. The Bertz CT molecular complexity index is 513. The lowest BCUT2D eigenvalue weighted by Crippen LogP contribution is -2.33. The fourth-order valence-corrected chi connectivity index (χ4v) is 1.89. The largest absolute Gasteiger partial charge is 0.353 e. The zero-order valence-corrected chi connectivity index (χ0v) is 10.2. The summed E-state index contributed by atoms with van der Waals surface area (Å²) >= 11 is 3.34. The number of rotatable bonds is 2. The average Bonchev–Trinajstić information content (AvgIpc) is 3.05. The number of nitrogens with zero attached hydrogens (tertiary/aromatic N) is 1. The first-order valence-electron chi connectivity index (χ1n) is 4.74. The summed E-state index contributed by atoms with van der Waals surface area (Å²) in [5, 5.41) is 2.52. The fourth-order valence-electron chi connectivity index (χ4n) is 1.63. The lowest BCUT2D eigenvalue weighted by atomic mass is 10.1. The van der Waals surface area contributed by atoms with E-state index < -0.39 is 5.54 Å². The van der Waals surface area contributed by atoms with Crippen molar-refractivity contribution in [3.05, 3.63) is 51.8 Å². The number of amides is 1. The van der Waals surface area contributed by atoms with E-state index in [1.54, 1.807) is 13.1 Å². The molecule has 1 amide bonds. The normalized spacial score (nSPS) is 21.9. The minimum Gasteiger partial charge on any atom is -0.352 e. The summed E-state index contributed by atoms with van der Waals surface area (Å²) in [5.41, 5.74) is 0.639. The fraction of sp³-hybridized carbons (Fsp3) is 0.167. The third kappa shape index (κ3) is 1.54. The standard InChI is InChI=1S/C12H9BrN2O/c1-14-11(16)12(15-2)7-10(12)8-3-5-9(13)6-4-8/h3-7H,1H3,(H,14,16)/t12-/m0/s1. The molecule has 0 unspecified atom stereocenters. The van der Waals surface area contributed by atoms with Crippen molar-refractivity contribution in [3.63, 3.8) is 0 Å². The van der Waals surface area contributed by atoms with Crippen LogP contribution in [0.25, 0.3) is 10.4 Å². The van der Waals surface area contributed by atoms with Gasteiger partial charge in [-0.15, -0.1) is 0 Å². The topological polar surface area (TPSA) is 33.5 Å². The van der Waals surface area contributed by atoms with Crippen molar-refractivity contribution < 1.29 is 4.79 Å². The quantitative estimate of drug-likeness (QED) is 0.826. The smallest absolute Gasteiger partial charge is 0.352 e. The van der Waals surface area contributed by atoms with E-state index in [-0.39, 0.29) is 5.91 Å². The second-order valence-electron chi connectivity index (χ2n) is 3.52. The van der Waals surface area contributed by atoms with Crippen molar-refractivity contribution in [2.75, 3.05) is 7.05 Å². The molecule has 0 aliphatic heterocycles. The minimum atomic E-state index is -1.07. The van der Waals surface area contributed by atoms with E-state index in [4.69, 9.17) is 6.57 Å². The van der Waals surface area contributed by atoms with Gasteiger partial charge >= 0.3 is 11.4 Å². The summed E-state index contributed by atoms with van der Waals surface area (Å²) in [4.78, 5) is 15.0. The van der Waals surface area contributed by atoms with Crippen LogP contribution in [0.15, 0.2) is 34.8 Å². The third-order valence-corrected chi connectivity index (χ3v) is 3.11. The first-order chi connectivity index (χ1) is 7.64. The van der Waals surface area contributed by atoms with E-state index in [0.717, 1.165) is 15.6 Å². The van der Waals surface area contributed by atoms with Gasteiger partial charge in [-0.1, -0.05) is 28.1 Å². The maximum absolute atomic E-state index is 11.6. The van der Waals surface area contributed by atoms with Gasteiger partial charge < -0.3 is 5.32 Å². The lowest BCUT2D eigenvalue weighted by molar-refractivity contribution is -0.121. The van der Waals surface area contributed by atoms with Crippen molar-refractivity contribution in [2.45, 2.75) is 5.54 Å². The molecular formula is C12H9BrN2O. The van der Waals surface area contributed by atoms with E-state index in [2.05, 4.69) is 26.1 Å². The van der Waals surface area contributed by atoms with E-state index >= 15 is 0 Å². The van der Waals surface area contributed by atoms with Crippen molar-refractivity contribution in [2.24, 2.45) is 0 Å². The molecule has 0 radical (unpaired) electrons. The van der Waals surface area contributed by atoms with Crippen molar-refractivity contribution in [1.29, 1.82) is 0 Å². The van der Waals surface area contributed by atoms with E-state index in [0.29, 0.717) is 0 Å².